The van der Waals surface area contributed by atoms with Crippen LogP contribution in [0.2, 0.25) is 0 Å². The number of halogens is 1. The zero-order chi connectivity index (χ0) is 21.4. The zero-order valence-corrected chi connectivity index (χ0v) is 18.9. The second-order valence-electron chi connectivity index (χ2n) is 8.21. The van der Waals surface area contributed by atoms with Gasteiger partial charge in [0.2, 0.25) is 0 Å². The number of hydrogen-bond acceptors (Lipinski definition) is 3. The summed E-state index contributed by atoms with van der Waals surface area (Å²) < 4.78 is 19.4. The molecule has 1 aromatic carbocycles. The van der Waals surface area contributed by atoms with Gasteiger partial charge in [-0.3, -0.25) is 0 Å². The van der Waals surface area contributed by atoms with Gasteiger partial charge in [0.15, 0.2) is 5.82 Å². The maximum atomic E-state index is 13.8. The number of hydrogen-bond donors (Lipinski definition) is 0. The monoisotopic (exact) mass is 414 g/mol. The van der Waals surface area contributed by atoms with Gasteiger partial charge in [-0.1, -0.05) is 71.6 Å². The van der Waals surface area contributed by atoms with Crippen molar-refractivity contribution in [3.05, 3.63) is 42.2 Å². The van der Waals surface area contributed by atoms with Gasteiger partial charge in [-0.15, -0.1) is 0 Å². The van der Waals surface area contributed by atoms with E-state index in [-0.39, 0.29) is 6.61 Å². The first kappa shape index (κ1) is 24.3. The van der Waals surface area contributed by atoms with Crippen molar-refractivity contribution in [3.63, 3.8) is 0 Å². The van der Waals surface area contributed by atoms with Gasteiger partial charge in [-0.05, 0) is 49.1 Å². The third-order valence-electron chi connectivity index (χ3n) is 5.44. The summed E-state index contributed by atoms with van der Waals surface area (Å²) in [6, 6.07) is 7.60. The summed E-state index contributed by atoms with van der Waals surface area (Å²) >= 11 is 0. The molecule has 0 saturated heterocycles. The minimum atomic E-state index is -0.900. The fourth-order valence-corrected chi connectivity index (χ4v) is 3.51. The minimum absolute atomic E-state index is 0.118. The highest BCUT2D eigenvalue weighted by atomic mass is 19.1. The van der Waals surface area contributed by atoms with E-state index in [0.29, 0.717) is 18.0 Å². The minimum Gasteiger partial charge on any atom is -0.491 e. The van der Waals surface area contributed by atoms with Crippen molar-refractivity contribution in [2.24, 2.45) is 0 Å². The Bertz CT molecular complexity index is 672. The Hall–Kier alpha value is -1.97. The maximum Gasteiger partial charge on any atom is 0.159 e. The molecule has 0 unspecified atom stereocenters. The Kier molecular flexibility index (Phi) is 12.1. The lowest BCUT2D eigenvalue weighted by molar-refractivity contribution is 0.184. The average Bonchev–Trinajstić information content (AvgIpc) is 2.78. The molecule has 0 aliphatic carbocycles. The van der Waals surface area contributed by atoms with Crippen LogP contribution in [0, 0.1) is 0 Å². The van der Waals surface area contributed by atoms with Crippen molar-refractivity contribution in [3.8, 4) is 17.1 Å². The summed E-state index contributed by atoms with van der Waals surface area (Å²) in [4.78, 5) is 9.04. The van der Waals surface area contributed by atoms with Crippen molar-refractivity contribution in [2.75, 3.05) is 6.61 Å². The van der Waals surface area contributed by atoms with E-state index in [0.717, 1.165) is 31.2 Å². The molecular formula is C26H39FN2O. The summed E-state index contributed by atoms with van der Waals surface area (Å²) in [5.74, 6) is 1.40. The van der Waals surface area contributed by atoms with E-state index in [1.54, 1.807) is 0 Å². The molecule has 0 saturated carbocycles. The van der Waals surface area contributed by atoms with Crippen LogP contribution >= 0.6 is 0 Å². The average molecular weight is 415 g/mol. The van der Waals surface area contributed by atoms with E-state index in [2.05, 4.69) is 23.8 Å². The standard InChI is InChI=1S/C26H39FN2O/c1-3-5-7-8-9-10-12-13-22-19-28-26(29-20-22)23-15-17-25(18-16-23)30-21-24(27)14-11-6-4-2/h15-20,24H,3-14,21H2,1-2H3/t24-/m1/s1. The fourth-order valence-electron chi connectivity index (χ4n) is 3.51. The number of rotatable bonds is 16. The maximum absolute atomic E-state index is 13.8. The summed E-state index contributed by atoms with van der Waals surface area (Å²) in [5, 5.41) is 0. The molecule has 3 nitrogen and oxygen atoms in total. The van der Waals surface area contributed by atoms with E-state index >= 15 is 0 Å². The second kappa shape index (κ2) is 14.9. The van der Waals surface area contributed by atoms with E-state index in [9.17, 15) is 4.39 Å². The highest BCUT2D eigenvalue weighted by Gasteiger charge is 2.08. The Morgan fingerprint density at radius 2 is 1.40 bits per heavy atom. The lowest BCUT2D eigenvalue weighted by Gasteiger charge is -2.10. The SMILES string of the molecule is CCCCCCCCCc1cnc(-c2ccc(OC[C@H](F)CCCCC)cc2)nc1. The molecule has 0 aliphatic rings. The molecule has 0 radical (unpaired) electrons. The Morgan fingerprint density at radius 3 is 2.07 bits per heavy atom. The number of aromatic nitrogens is 2. The zero-order valence-electron chi connectivity index (χ0n) is 18.9. The van der Waals surface area contributed by atoms with Gasteiger partial charge >= 0.3 is 0 Å². The van der Waals surface area contributed by atoms with Gasteiger partial charge in [0.25, 0.3) is 0 Å². The van der Waals surface area contributed by atoms with Crippen LogP contribution in [0.15, 0.2) is 36.7 Å². The third-order valence-corrected chi connectivity index (χ3v) is 5.44. The van der Waals surface area contributed by atoms with Crippen LogP contribution < -0.4 is 4.74 Å². The number of unbranched alkanes of at least 4 members (excludes halogenated alkanes) is 8. The highest BCUT2D eigenvalue weighted by molar-refractivity contribution is 5.55. The number of nitrogens with zero attached hydrogens (tertiary/aromatic N) is 2. The van der Waals surface area contributed by atoms with Crippen LogP contribution in [-0.2, 0) is 6.42 Å². The first-order chi connectivity index (χ1) is 14.7. The Balaban J connectivity index is 1.71. The fraction of sp³-hybridized carbons (Fsp3) is 0.615. The summed E-state index contributed by atoms with van der Waals surface area (Å²) in [5.41, 5.74) is 2.15. The summed E-state index contributed by atoms with van der Waals surface area (Å²) in [6.07, 6.45) is 16.9. The lowest BCUT2D eigenvalue weighted by atomic mass is 10.1. The van der Waals surface area contributed by atoms with Crippen molar-refractivity contribution >= 4 is 0 Å². The Labute approximate surface area is 182 Å². The smallest absolute Gasteiger partial charge is 0.159 e. The van der Waals surface area contributed by atoms with E-state index < -0.39 is 6.17 Å². The summed E-state index contributed by atoms with van der Waals surface area (Å²) in [6.45, 7) is 4.49. The molecular weight excluding hydrogens is 375 g/mol. The molecule has 2 rings (SSSR count). The quantitative estimate of drug-likeness (QED) is 0.264. The van der Waals surface area contributed by atoms with Gasteiger partial charge in [0.05, 0.1) is 0 Å². The van der Waals surface area contributed by atoms with E-state index in [4.69, 9.17) is 4.74 Å². The molecule has 30 heavy (non-hydrogen) atoms. The van der Waals surface area contributed by atoms with Gasteiger partial charge in [-0.25, -0.2) is 14.4 Å². The molecule has 0 amide bonds. The number of alkyl halides is 1. The largest absolute Gasteiger partial charge is 0.491 e. The molecule has 1 heterocycles. The van der Waals surface area contributed by atoms with Gasteiger partial charge in [0, 0.05) is 18.0 Å². The molecule has 0 N–H and O–H groups in total. The first-order valence-electron chi connectivity index (χ1n) is 11.9. The van der Waals surface area contributed by atoms with Gasteiger partial charge in [-0.2, -0.15) is 0 Å². The van der Waals surface area contributed by atoms with Crippen LogP contribution in [0.25, 0.3) is 11.4 Å². The molecule has 2 aromatic rings. The first-order valence-corrected chi connectivity index (χ1v) is 11.9. The normalized spacial score (nSPS) is 12.1. The topological polar surface area (TPSA) is 35.0 Å². The second-order valence-corrected chi connectivity index (χ2v) is 8.21. The lowest BCUT2D eigenvalue weighted by Crippen LogP contribution is -2.12. The molecule has 1 aromatic heterocycles. The van der Waals surface area contributed by atoms with Crippen LogP contribution in [0.5, 0.6) is 5.75 Å². The van der Waals surface area contributed by atoms with Crippen LogP contribution in [0.4, 0.5) is 4.39 Å². The predicted molar refractivity (Wildman–Crippen MR) is 124 cm³/mol. The molecule has 166 valence electrons. The predicted octanol–water partition coefficient (Wildman–Crippen LogP) is 7.73. The number of benzene rings is 1. The molecule has 1 atom stereocenters. The van der Waals surface area contributed by atoms with Crippen molar-refractivity contribution in [2.45, 2.75) is 97.1 Å². The van der Waals surface area contributed by atoms with Gasteiger partial charge < -0.3 is 4.74 Å². The molecule has 0 aliphatic heterocycles. The Morgan fingerprint density at radius 1 is 0.800 bits per heavy atom. The summed E-state index contributed by atoms with van der Waals surface area (Å²) in [7, 11) is 0. The number of aryl methyl sites for hydroxylation is 1. The van der Waals surface area contributed by atoms with Crippen LogP contribution in [-0.4, -0.2) is 22.7 Å². The third kappa shape index (κ3) is 9.69. The van der Waals surface area contributed by atoms with E-state index in [1.807, 2.05) is 36.7 Å². The van der Waals surface area contributed by atoms with E-state index in [1.165, 1.54) is 50.5 Å². The highest BCUT2D eigenvalue weighted by Crippen LogP contribution is 2.20. The van der Waals surface area contributed by atoms with Crippen LogP contribution in [0.1, 0.15) is 90.0 Å². The number of ether oxygens (including phenoxy) is 1. The van der Waals surface area contributed by atoms with Crippen LogP contribution in [0.3, 0.4) is 0 Å². The van der Waals surface area contributed by atoms with Crippen molar-refractivity contribution < 1.29 is 9.13 Å². The molecule has 4 heteroatoms. The van der Waals surface area contributed by atoms with Gasteiger partial charge in [0.1, 0.15) is 18.5 Å². The molecule has 0 bridgehead atoms. The van der Waals surface area contributed by atoms with Crippen molar-refractivity contribution in [1.82, 2.24) is 9.97 Å². The van der Waals surface area contributed by atoms with Crippen molar-refractivity contribution in [1.29, 1.82) is 0 Å². The molecule has 0 fully saturated rings. The molecule has 0 spiro atoms.